The first-order valence-electron chi connectivity index (χ1n) is 9.37. The lowest BCUT2D eigenvalue weighted by atomic mass is 10.0. The molecule has 1 amide bonds. The van der Waals surface area contributed by atoms with Crippen molar-refractivity contribution < 1.29 is 13.2 Å². The zero-order valence-corrected chi connectivity index (χ0v) is 16.8. The van der Waals surface area contributed by atoms with E-state index in [4.69, 9.17) is 11.6 Å². The molecule has 0 radical (unpaired) electrons. The summed E-state index contributed by atoms with van der Waals surface area (Å²) in [6.07, 6.45) is 3.54. The number of rotatable bonds is 6. The van der Waals surface area contributed by atoms with Crippen LogP contribution in [0.15, 0.2) is 24.3 Å². The maximum atomic E-state index is 12.9. The fourth-order valence-electron chi connectivity index (χ4n) is 4.18. The van der Waals surface area contributed by atoms with Crippen LogP contribution in [0.1, 0.15) is 31.7 Å². The summed E-state index contributed by atoms with van der Waals surface area (Å²) in [5.74, 6) is 0.344. The van der Waals surface area contributed by atoms with E-state index in [1.54, 1.807) is 4.90 Å². The standard InChI is InChI=1S/C19H27ClN2O3S/c1-2-22(17-9-11-26(24,25)14-17)19(23)13-21-10-5-7-16(21)12-15-6-3-4-8-18(15)20/h3-4,6,8,16-17H,2,5,7,9-14H2,1H3. The van der Waals surface area contributed by atoms with Crippen molar-refractivity contribution in [2.45, 2.75) is 44.7 Å². The minimum absolute atomic E-state index is 0.0423. The van der Waals surface area contributed by atoms with Crippen molar-refractivity contribution in [1.29, 1.82) is 0 Å². The van der Waals surface area contributed by atoms with E-state index in [2.05, 4.69) is 4.90 Å². The largest absolute Gasteiger partial charge is 0.338 e. The molecule has 0 spiro atoms. The zero-order valence-electron chi connectivity index (χ0n) is 15.2. The van der Waals surface area contributed by atoms with Crippen LogP contribution in [0.3, 0.4) is 0 Å². The summed E-state index contributed by atoms with van der Waals surface area (Å²) in [6, 6.07) is 8.01. The first-order chi connectivity index (χ1) is 12.4. The Hall–Kier alpha value is -1.11. The van der Waals surface area contributed by atoms with Gasteiger partial charge in [0.2, 0.25) is 5.91 Å². The summed E-state index contributed by atoms with van der Waals surface area (Å²) < 4.78 is 23.5. The molecule has 2 saturated heterocycles. The molecule has 5 nitrogen and oxygen atoms in total. The Morgan fingerprint density at radius 1 is 1.31 bits per heavy atom. The van der Waals surface area contributed by atoms with Crippen LogP contribution in [-0.4, -0.2) is 67.3 Å². The van der Waals surface area contributed by atoms with Crippen LogP contribution >= 0.6 is 11.6 Å². The van der Waals surface area contributed by atoms with Gasteiger partial charge in [-0.15, -0.1) is 0 Å². The Morgan fingerprint density at radius 3 is 2.73 bits per heavy atom. The second-order valence-corrected chi connectivity index (χ2v) is 9.93. The van der Waals surface area contributed by atoms with Crippen LogP contribution in [0.25, 0.3) is 0 Å². The van der Waals surface area contributed by atoms with Crippen LogP contribution in [0.4, 0.5) is 0 Å². The van der Waals surface area contributed by atoms with Gasteiger partial charge in [0.25, 0.3) is 0 Å². The molecule has 2 fully saturated rings. The third-order valence-electron chi connectivity index (χ3n) is 5.56. The van der Waals surface area contributed by atoms with Crippen molar-refractivity contribution in [2.75, 3.05) is 31.1 Å². The van der Waals surface area contributed by atoms with E-state index in [9.17, 15) is 13.2 Å². The molecule has 0 N–H and O–H groups in total. The van der Waals surface area contributed by atoms with E-state index in [1.807, 2.05) is 31.2 Å². The van der Waals surface area contributed by atoms with Gasteiger partial charge in [0.1, 0.15) is 0 Å². The van der Waals surface area contributed by atoms with Crippen LogP contribution < -0.4 is 0 Å². The van der Waals surface area contributed by atoms with Crippen LogP contribution in [-0.2, 0) is 21.1 Å². The van der Waals surface area contributed by atoms with Crippen molar-refractivity contribution in [3.63, 3.8) is 0 Å². The monoisotopic (exact) mass is 398 g/mol. The highest BCUT2D eigenvalue weighted by molar-refractivity contribution is 7.91. The van der Waals surface area contributed by atoms with Gasteiger partial charge in [-0.2, -0.15) is 0 Å². The highest BCUT2D eigenvalue weighted by Gasteiger charge is 2.35. The minimum atomic E-state index is -2.99. The van der Waals surface area contributed by atoms with Crippen molar-refractivity contribution in [3.05, 3.63) is 34.9 Å². The number of carbonyl (C=O) groups is 1. The minimum Gasteiger partial charge on any atom is -0.338 e. The van der Waals surface area contributed by atoms with Gasteiger partial charge in [0, 0.05) is 23.7 Å². The van der Waals surface area contributed by atoms with Gasteiger partial charge < -0.3 is 4.90 Å². The van der Waals surface area contributed by atoms with E-state index in [1.165, 1.54) is 0 Å². The smallest absolute Gasteiger partial charge is 0.237 e. The van der Waals surface area contributed by atoms with Gasteiger partial charge >= 0.3 is 0 Å². The maximum Gasteiger partial charge on any atom is 0.237 e. The number of likely N-dealkylation sites (tertiary alicyclic amines) is 1. The molecule has 144 valence electrons. The summed E-state index contributed by atoms with van der Waals surface area (Å²) in [7, 11) is -2.99. The molecule has 0 saturated carbocycles. The Labute approximate surface area is 161 Å². The molecular formula is C19H27ClN2O3S. The molecule has 2 unspecified atom stereocenters. The molecule has 2 aliphatic rings. The fourth-order valence-corrected chi connectivity index (χ4v) is 6.12. The third kappa shape index (κ3) is 4.59. The molecule has 1 aromatic rings. The number of nitrogens with zero attached hydrogens (tertiary/aromatic N) is 2. The average Bonchev–Trinajstić information content (AvgIpc) is 3.17. The van der Waals surface area contributed by atoms with E-state index in [0.717, 1.165) is 36.4 Å². The number of sulfone groups is 1. The molecular weight excluding hydrogens is 372 g/mol. The second-order valence-electron chi connectivity index (χ2n) is 7.30. The molecule has 2 heterocycles. The number of carbonyl (C=O) groups excluding carboxylic acids is 1. The quantitative estimate of drug-likeness (QED) is 0.738. The highest BCUT2D eigenvalue weighted by Crippen LogP contribution is 2.25. The van der Waals surface area contributed by atoms with Gasteiger partial charge in [0.05, 0.1) is 18.1 Å². The van der Waals surface area contributed by atoms with Crippen molar-refractivity contribution in [1.82, 2.24) is 9.80 Å². The lowest BCUT2D eigenvalue weighted by molar-refractivity contribution is -0.134. The molecule has 3 rings (SSSR count). The number of hydrogen-bond donors (Lipinski definition) is 0. The SMILES string of the molecule is CCN(C(=O)CN1CCCC1Cc1ccccc1Cl)C1CCS(=O)(=O)C1. The van der Waals surface area contributed by atoms with Crippen LogP contribution in [0.5, 0.6) is 0 Å². The summed E-state index contributed by atoms with van der Waals surface area (Å²) in [5, 5.41) is 0.775. The van der Waals surface area contributed by atoms with E-state index < -0.39 is 9.84 Å². The summed E-state index contributed by atoms with van der Waals surface area (Å²) in [4.78, 5) is 16.8. The van der Waals surface area contributed by atoms with Gasteiger partial charge in [-0.3, -0.25) is 9.69 Å². The fraction of sp³-hybridized carbons (Fsp3) is 0.632. The summed E-state index contributed by atoms with van der Waals surface area (Å²) >= 11 is 6.29. The van der Waals surface area contributed by atoms with E-state index in [0.29, 0.717) is 25.6 Å². The Kier molecular flexibility index (Phi) is 6.25. The zero-order chi connectivity index (χ0) is 18.7. The number of benzene rings is 1. The van der Waals surface area contributed by atoms with Crippen LogP contribution in [0, 0.1) is 0 Å². The molecule has 26 heavy (non-hydrogen) atoms. The van der Waals surface area contributed by atoms with E-state index in [-0.39, 0.29) is 23.5 Å². The van der Waals surface area contributed by atoms with Gasteiger partial charge in [-0.25, -0.2) is 8.42 Å². The third-order valence-corrected chi connectivity index (χ3v) is 7.68. The van der Waals surface area contributed by atoms with Crippen LogP contribution in [0.2, 0.25) is 5.02 Å². The predicted molar refractivity (Wildman–Crippen MR) is 104 cm³/mol. The molecule has 7 heteroatoms. The highest BCUT2D eigenvalue weighted by atomic mass is 35.5. The molecule has 0 bridgehead atoms. The van der Waals surface area contributed by atoms with Gasteiger partial charge in [-0.05, 0) is 50.8 Å². The maximum absolute atomic E-state index is 12.9. The molecule has 0 aliphatic carbocycles. The molecule has 1 aromatic carbocycles. The van der Waals surface area contributed by atoms with Gasteiger partial charge in [-0.1, -0.05) is 29.8 Å². The topological polar surface area (TPSA) is 57.7 Å². The lowest BCUT2D eigenvalue weighted by Crippen LogP contribution is -2.47. The summed E-state index contributed by atoms with van der Waals surface area (Å²) in [6.45, 7) is 3.75. The van der Waals surface area contributed by atoms with Crippen molar-refractivity contribution >= 4 is 27.3 Å². The second kappa shape index (κ2) is 8.28. The number of amides is 1. The number of likely N-dealkylation sites (N-methyl/N-ethyl adjacent to an activating group) is 1. The first kappa shape index (κ1) is 19.6. The predicted octanol–water partition coefficient (Wildman–Crippen LogP) is 2.38. The van der Waals surface area contributed by atoms with Gasteiger partial charge in [0.15, 0.2) is 9.84 Å². The molecule has 2 atom stereocenters. The lowest BCUT2D eigenvalue weighted by Gasteiger charge is -2.31. The molecule has 2 aliphatic heterocycles. The van der Waals surface area contributed by atoms with E-state index >= 15 is 0 Å². The number of hydrogen-bond acceptors (Lipinski definition) is 4. The van der Waals surface area contributed by atoms with Crippen molar-refractivity contribution in [2.24, 2.45) is 0 Å². The summed E-state index contributed by atoms with van der Waals surface area (Å²) in [5.41, 5.74) is 1.12. The Morgan fingerprint density at radius 2 is 2.08 bits per heavy atom. The Bertz CT molecular complexity index is 753. The van der Waals surface area contributed by atoms with Crippen molar-refractivity contribution in [3.8, 4) is 0 Å². The first-order valence-corrected chi connectivity index (χ1v) is 11.6. The number of halogens is 1. The average molecular weight is 399 g/mol. The Balaban J connectivity index is 1.63. The normalized spacial score (nSPS) is 25.5. The molecule has 0 aromatic heterocycles.